The van der Waals surface area contributed by atoms with E-state index in [2.05, 4.69) is 0 Å². The van der Waals surface area contributed by atoms with Gasteiger partial charge in [0.25, 0.3) is 0 Å². The molecule has 0 saturated heterocycles. The van der Waals surface area contributed by atoms with Crippen LogP contribution < -0.4 is 5.73 Å². The number of halogens is 1. The fraction of sp³-hybridized carbons (Fsp3) is 0.750. The lowest BCUT2D eigenvalue weighted by Crippen LogP contribution is -2.27. The Kier molecular flexibility index (Phi) is 6.08. The molecule has 0 saturated carbocycles. The molecule has 0 spiro atoms. The van der Waals surface area contributed by atoms with Crippen LogP contribution in [0.25, 0.3) is 0 Å². The van der Waals surface area contributed by atoms with Gasteiger partial charge in [0.1, 0.15) is 5.67 Å². The van der Waals surface area contributed by atoms with Crippen LogP contribution in [-0.4, -0.2) is 18.2 Å². The van der Waals surface area contributed by atoms with Crippen LogP contribution in [0.4, 0.5) is 4.39 Å². The maximum Gasteiger partial charge on any atom is 0.332 e. The highest BCUT2D eigenvalue weighted by Crippen LogP contribution is 2.23. The Balaban J connectivity index is 4.35. The highest BCUT2D eigenvalue weighted by atomic mass is 19.1. The number of alkyl halides is 1. The second kappa shape index (κ2) is 6.51. The topological polar surface area (TPSA) is 52.3 Å². The average molecular weight is 231 g/mol. The molecule has 0 aromatic heterocycles. The van der Waals surface area contributed by atoms with E-state index in [4.69, 9.17) is 10.5 Å². The highest BCUT2D eigenvalue weighted by molar-refractivity contribution is 5.83. The summed E-state index contributed by atoms with van der Waals surface area (Å²) in [7, 11) is 0. The average Bonchev–Trinajstić information content (AvgIpc) is 2.14. The molecular weight excluding hydrogens is 209 g/mol. The molecule has 16 heavy (non-hydrogen) atoms. The molecule has 4 heteroatoms. The Morgan fingerprint density at radius 1 is 1.56 bits per heavy atom. The molecule has 1 atom stereocenters. The zero-order valence-corrected chi connectivity index (χ0v) is 10.5. The van der Waals surface area contributed by atoms with Crippen LogP contribution >= 0.6 is 0 Å². The molecule has 0 bridgehead atoms. The standard InChI is InChI=1S/C12H22FNO2/c1-5-6-12(4,13)10(14)7-11(15)16-8-9(2)3/h7,9H,5-6,8,14H2,1-4H3. The minimum Gasteiger partial charge on any atom is -0.462 e. The van der Waals surface area contributed by atoms with Gasteiger partial charge in [-0.1, -0.05) is 27.2 Å². The van der Waals surface area contributed by atoms with E-state index >= 15 is 0 Å². The van der Waals surface area contributed by atoms with E-state index in [1.165, 1.54) is 6.92 Å². The fourth-order valence-electron chi connectivity index (χ4n) is 1.18. The molecule has 3 nitrogen and oxygen atoms in total. The number of hydrogen-bond acceptors (Lipinski definition) is 3. The van der Waals surface area contributed by atoms with Crippen LogP contribution in [0, 0.1) is 5.92 Å². The Labute approximate surface area is 96.8 Å². The van der Waals surface area contributed by atoms with Crippen molar-refractivity contribution >= 4 is 5.97 Å². The molecule has 0 rings (SSSR count). The molecule has 0 heterocycles. The summed E-state index contributed by atoms with van der Waals surface area (Å²) >= 11 is 0. The summed E-state index contributed by atoms with van der Waals surface area (Å²) in [5, 5.41) is 0. The molecular formula is C12H22FNO2. The van der Waals surface area contributed by atoms with Gasteiger partial charge in [-0.2, -0.15) is 0 Å². The van der Waals surface area contributed by atoms with Gasteiger partial charge in [-0.05, 0) is 19.3 Å². The smallest absolute Gasteiger partial charge is 0.332 e. The summed E-state index contributed by atoms with van der Waals surface area (Å²) in [5.41, 5.74) is 3.83. The summed E-state index contributed by atoms with van der Waals surface area (Å²) in [6.07, 6.45) is 2.01. The van der Waals surface area contributed by atoms with Crippen LogP contribution in [0.3, 0.4) is 0 Å². The largest absolute Gasteiger partial charge is 0.462 e. The minimum atomic E-state index is -1.63. The Morgan fingerprint density at radius 2 is 2.12 bits per heavy atom. The van der Waals surface area contributed by atoms with Gasteiger partial charge in [-0.3, -0.25) is 0 Å². The maximum absolute atomic E-state index is 13.8. The lowest BCUT2D eigenvalue weighted by molar-refractivity contribution is -0.138. The number of carbonyl (C=O) groups is 1. The number of allylic oxidation sites excluding steroid dienone is 1. The first-order chi connectivity index (χ1) is 7.29. The third kappa shape index (κ3) is 5.73. The zero-order valence-electron chi connectivity index (χ0n) is 10.5. The Hall–Kier alpha value is -1.06. The molecule has 0 radical (unpaired) electrons. The van der Waals surface area contributed by atoms with Crippen molar-refractivity contribution in [3.05, 3.63) is 11.8 Å². The zero-order chi connectivity index (χ0) is 12.8. The third-order valence-electron chi connectivity index (χ3n) is 2.15. The van der Waals surface area contributed by atoms with E-state index in [1.54, 1.807) is 0 Å². The summed E-state index contributed by atoms with van der Waals surface area (Å²) in [6, 6.07) is 0. The number of hydrogen-bond donors (Lipinski definition) is 1. The van der Waals surface area contributed by atoms with Gasteiger partial charge in [-0.15, -0.1) is 0 Å². The lowest BCUT2D eigenvalue weighted by Gasteiger charge is -2.19. The number of rotatable bonds is 6. The molecule has 0 aromatic rings. The van der Waals surface area contributed by atoms with Gasteiger partial charge in [0.2, 0.25) is 0 Å². The molecule has 0 aromatic carbocycles. The SMILES string of the molecule is CCCC(C)(F)C(N)=CC(=O)OCC(C)C. The molecule has 94 valence electrons. The summed E-state index contributed by atoms with van der Waals surface area (Å²) in [6.45, 7) is 7.41. The molecule has 1 unspecified atom stereocenters. The first-order valence-electron chi connectivity index (χ1n) is 5.63. The van der Waals surface area contributed by atoms with Crippen molar-refractivity contribution in [3.8, 4) is 0 Å². The van der Waals surface area contributed by atoms with Gasteiger partial charge >= 0.3 is 5.97 Å². The maximum atomic E-state index is 13.8. The van der Waals surface area contributed by atoms with Gasteiger partial charge in [-0.25, -0.2) is 9.18 Å². The van der Waals surface area contributed by atoms with Gasteiger partial charge in [0.05, 0.1) is 12.3 Å². The van der Waals surface area contributed by atoms with Crippen molar-refractivity contribution < 1.29 is 13.9 Å². The van der Waals surface area contributed by atoms with E-state index in [9.17, 15) is 9.18 Å². The normalized spacial score (nSPS) is 16.0. The summed E-state index contributed by atoms with van der Waals surface area (Å²) in [4.78, 5) is 11.3. The number of nitrogens with two attached hydrogens (primary N) is 1. The highest BCUT2D eigenvalue weighted by Gasteiger charge is 2.26. The quantitative estimate of drug-likeness (QED) is 0.564. The number of carbonyl (C=O) groups excluding carboxylic acids is 1. The van der Waals surface area contributed by atoms with Crippen LogP contribution in [0.15, 0.2) is 11.8 Å². The van der Waals surface area contributed by atoms with Crippen molar-refractivity contribution in [1.29, 1.82) is 0 Å². The molecule has 0 aliphatic heterocycles. The molecule has 0 fully saturated rings. The van der Waals surface area contributed by atoms with Crippen molar-refractivity contribution in [2.24, 2.45) is 11.7 Å². The van der Waals surface area contributed by atoms with E-state index in [0.29, 0.717) is 19.4 Å². The van der Waals surface area contributed by atoms with Crippen LogP contribution in [0.1, 0.15) is 40.5 Å². The molecule has 0 aliphatic carbocycles. The Morgan fingerprint density at radius 3 is 2.56 bits per heavy atom. The number of esters is 1. The number of ether oxygens (including phenoxy) is 1. The van der Waals surface area contributed by atoms with Crippen molar-refractivity contribution in [2.45, 2.75) is 46.2 Å². The molecule has 2 N–H and O–H groups in total. The third-order valence-corrected chi connectivity index (χ3v) is 2.15. The molecule has 0 aliphatic rings. The van der Waals surface area contributed by atoms with Crippen molar-refractivity contribution in [3.63, 3.8) is 0 Å². The van der Waals surface area contributed by atoms with E-state index in [0.717, 1.165) is 6.08 Å². The van der Waals surface area contributed by atoms with Gasteiger partial charge in [0.15, 0.2) is 0 Å². The monoisotopic (exact) mass is 231 g/mol. The van der Waals surface area contributed by atoms with Crippen molar-refractivity contribution in [2.75, 3.05) is 6.61 Å². The second-order valence-corrected chi connectivity index (χ2v) is 4.57. The Bertz CT molecular complexity index is 260. The van der Waals surface area contributed by atoms with Crippen molar-refractivity contribution in [1.82, 2.24) is 0 Å². The first kappa shape index (κ1) is 14.9. The van der Waals surface area contributed by atoms with E-state index < -0.39 is 11.6 Å². The summed E-state index contributed by atoms with van der Waals surface area (Å²) in [5.74, 6) is -0.322. The van der Waals surface area contributed by atoms with Gasteiger partial charge in [0, 0.05) is 6.08 Å². The van der Waals surface area contributed by atoms with E-state index in [1.807, 2.05) is 20.8 Å². The lowest BCUT2D eigenvalue weighted by atomic mass is 9.98. The van der Waals surface area contributed by atoms with Crippen LogP contribution in [-0.2, 0) is 9.53 Å². The van der Waals surface area contributed by atoms with Gasteiger partial charge < -0.3 is 10.5 Å². The molecule has 0 amide bonds. The second-order valence-electron chi connectivity index (χ2n) is 4.57. The predicted octanol–water partition coefficient (Wildman–Crippen LogP) is 2.56. The fourth-order valence-corrected chi connectivity index (χ4v) is 1.18. The van der Waals surface area contributed by atoms with E-state index in [-0.39, 0.29) is 11.6 Å². The summed E-state index contributed by atoms with van der Waals surface area (Å²) < 4.78 is 18.7. The predicted molar refractivity (Wildman–Crippen MR) is 62.5 cm³/mol. The minimum absolute atomic E-state index is 0.0666. The van der Waals surface area contributed by atoms with Crippen LogP contribution in [0.2, 0.25) is 0 Å². The van der Waals surface area contributed by atoms with Crippen LogP contribution in [0.5, 0.6) is 0 Å². The first-order valence-corrected chi connectivity index (χ1v) is 5.63.